The molecule has 8 nitrogen and oxygen atoms in total. The second kappa shape index (κ2) is 8.75. The fourth-order valence-corrected chi connectivity index (χ4v) is 2.49. The Labute approximate surface area is 166 Å². The molecule has 0 bridgehead atoms. The largest absolute Gasteiger partial charge is 0.465 e. The minimum absolute atomic E-state index is 0.0103. The number of amides is 1. The molecular formula is C21H18N4O4. The van der Waals surface area contributed by atoms with Crippen molar-refractivity contribution in [1.29, 1.82) is 0 Å². The Morgan fingerprint density at radius 3 is 2.24 bits per heavy atom. The first-order chi connectivity index (χ1) is 14.0. The molecule has 0 aliphatic carbocycles. The molecule has 0 radical (unpaired) electrons. The van der Waals surface area contributed by atoms with Crippen LogP contribution in [0.4, 0.5) is 17.2 Å². The molecule has 0 unspecified atom stereocenters. The lowest BCUT2D eigenvalue weighted by Crippen LogP contribution is -2.15. The van der Waals surface area contributed by atoms with Gasteiger partial charge in [-0.1, -0.05) is 6.07 Å². The molecule has 29 heavy (non-hydrogen) atoms. The van der Waals surface area contributed by atoms with Gasteiger partial charge in [0.2, 0.25) is 0 Å². The van der Waals surface area contributed by atoms with Crippen LogP contribution in [0.5, 0.6) is 0 Å². The van der Waals surface area contributed by atoms with Crippen LogP contribution < -0.4 is 10.6 Å². The summed E-state index contributed by atoms with van der Waals surface area (Å²) in [5, 5.41) is 13.6. The number of rotatable bonds is 6. The second-order valence-electron chi connectivity index (χ2n) is 6.09. The maximum atomic E-state index is 12.4. The molecule has 0 aliphatic heterocycles. The van der Waals surface area contributed by atoms with E-state index in [0.29, 0.717) is 22.6 Å². The zero-order valence-electron chi connectivity index (χ0n) is 15.8. The van der Waals surface area contributed by atoms with Crippen LogP contribution >= 0.6 is 0 Å². The van der Waals surface area contributed by atoms with Gasteiger partial charge in [0.05, 0.1) is 12.7 Å². The zero-order valence-corrected chi connectivity index (χ0v) is 15.8. The predicted octanol–water partition coefficient (Wildman–Crippen LogP) is 3.46. The number of nitrogens with one attached hydrogen (secondary N) is 2. The molecule has 8 heteroatoms. The lowest BCUT2D eigenvalue weighted by Gasteiger charge is -2.08. The van der Waals surface area contributed by atoms with Gasteiger partial charge in [-0.3, -0.25) is 9.59 Å². The summed E-state index contributed by atoms with van der Waals surface area (Å²) >= 11 is 0. The molecule has 146 valence electrons. The van der Waals surface area contributed by atoms with E-state index in [-0.39, 0.29) is 11.5 Å². The van der Waals surface area contributed by atoms with Crippen molar-refractivity contribution in [2.75, 3.05) is 17.7 Å². The number of aromatic nitrogens is 2. The SMILES string of the molecule is COC(=O)c1cccc(NC(=O)c2ccc(Nc3ccc(C(C)=O)cc3)nn2)c1. The molecule has 1 heterocycles. The Morgan fingerprint density at radius 2 is 1.62 bits per heavy atom. The number of carbonyl (C=O) groups excluding carboxylic acids is 3. The number of esters is 1. The van der Waals surface area contributed by atoms with Crippen molar-refractivity contribution in [1.82, 2.24) is 10.2 Å². The van der Waals surface area contributed by atoms with E-state index in [1.807, 2.05) is 0 Å². The molecule has 2 N–H and O–H groups in total. The monoisotopic (exact) mass is 390 g/mol. The van der Waals surface area contributed by atoms with Gasteiger partial charge in [-0.05, 0) is 61.5 Å². The van der Waals surface area contributed by atoms with Gasteiger partial charge in [-0.25, -0.2) is 4.79 Å². The Balaban J connectivity index is 1.66. The Hall–Kier alpha value is -4.07. The molecule has 0 atom stereocenters. The smallest absolute Gasteiger partial charge is 0.337 e. The van der Waals surface area contributed by atoms with E-state index in [1.54, 1.807) is 48.5 Å². The number of nitrogens with zero attached hydrogens (tertiary/aromatic N) is 2. The van der Waals surface area contributed by atoms with Crippen LogP contribution in [0.25, 0.3) is 0 Å². The molecule has 0 aliphatic rings. The van der Waals surface area contributed by atoms with E-state index >= 15 is 0 Å². The van der Waals surface area contributed by atoms with Crippen molar-refractivity contribution in [2.24, 2.45) is 0 Å². The fraction of sp³-hybridized carbons (Fsp3) is 0.0952. The van der Waals surface area contributed by atoms with Crippen molar-refractivity contribution in [3.05, 3.63) is 77.5 Å². The number of carbonyl (C=O) groups is 3. The molecular weight excluding hydrogens is 372 g/mol. The van der Waals surface area contributed by atoms with E-state index in [0.717, 1.165) is 5.69 Å². The van der Waals surface area contributed by atoms with Crippen LogP contribution in [0.3, 0.4) is 0 Å². The Morgan fingerprint density at radius 1 is 0.862 bits per heavy atom. The molecule has 1 aromatic heterocycles. The number of Topliss-reactive ketones (excluding diaryl/α,β-unsaturated/α-hetero) is 1. The lowest BCUT2D eigenvalue weighted by molar-refractivity contribution is 0.0600. The van der Waals surface area contributed by atoms with Crippen LogP contribution in [0.2, 0.25) is 0 Å². The molecule has 1 amide bonds. The summed E-state index contributed by atoms with van der Waals surface area (Å²) in [5.74, 6) is -0.516. The maximum Gasteiger partial charge on any atom is 0.337 e. The standard InChI is InChI=1S/C21H18N4O4/c1-13(26)14-6-8-16(9-7-14)22-19-11-10-18(24-25-19)20(27)23-17-5-3-4-15(12-17)21(28)29-2/h3-12H,1-2H3,(H,22,25)(H,23,27). The van der Waals surface area contributed by atoms with Gasteiger partial charge in [-0.2, -0.15) is 0 Å². The zero-order chi connectivity index (χ0) is 20.8. The van der Waals surface area contributed by atoms with Crippen molar-refractivity contribution in [3.8, 4) is 0 Å². The molecule has 2 aromatic carbocycles. The number of hydrogen-bond acceptors (Lipinski definition) is 7. The van der Waals surface area contributed by atoms with Gasteiger partial charge in [0, 0.05) is 16.9 Å². The van der Waals surface area contributed by atoms with E-state index in [4.69, 9.17) is 0 Å². The fourth-order valence-electron chi connectivity index (χ4n) is 2.49. The lowest BCUT2D eigenvalue weighted by atomic mass is 10.1. The summed E-state index contributed by atoms with van der Waals surface area (Å²) in [5.41, 5.74) is 2.23. The highest BCUT2D eigenvalue weighted by Gasteiger charge is 2.11. The third-order valence-electron chi connectivity index (χ3n) is 4.00. The topological polar surface area (TPSA) is 110 Å². The summed E-state index contributed by atoms with van der Waals surface area (Å²) in [6.07, 6.45) is 0. The van der Waals surface area contributed by atoms with Crippen molar-refractivity contribution in [2.45, 2.75) is 6.92 Å². The first-order valence-electron chi connectivity index (χ1n) is 8.68. The molecule has 0 spiro atoms. The van der Waals surface area contributed by atoms with Crippen LogP contribution in [0.15, 0.2) is 60.7 Å². The van der Waals surface area contributed by atoms with E-state index < -0.39 is 11.9 Å². The summed E-state index contributed by atoms with van der Waals surface area (Å²) in [7, 11) is 1.29. The highest BCUT2D eigenvalue weighted by Crippen LogP contribution is 2.16. The normalized spacial score (nSPS) is 10.1. The van der Waals surface area contributed by atoms with Gasteiger partial charge in [0.15, 0.2) is 17.3 Å². The molecule has 3 aromatic rings. The summed E-state index contributed by atoms with van der Waals surface area (Å²) in [6.45, 7) is 1.50. The van der Waals surface area contributed by atoms with Gasteiger partial charge in [0.1, 0.15) is 0 Å². The van der Waals surface area contributed by atoms with Crippen molar-refractivity contribution >= 4 is 34.9 Å². The third kappa shape index (κ3) is 5.01. The van der Waals surface area contributed by atoms with Gasteiger partial charge in [-0.15, -0.1) is 10.2 Å². The minimum Gasteiger partial charge on any atom is -0.465 e. The number of anilines is 3. The number of ether oxygens (including phenoxy) is 1. The maximum absolute atomic E-state index is 12.4. The average Bonchev–Trinajstić information content (AvgIpc) is 2.74. The van der Waals surface area contributed by atoms with E-state index in [9.17, 15) is 14.4 Å². The van der Waals surface area contributed by atoms with Crippen LogP contribution in [0.1, 0.15) is 38.1 Å². The highest BCUT2D eigenvalue weighted by molar-refractivity contribution is 6.03. The predicted molar refractivity (Wildman–Crippen MR) is 107 cm³/mol. The first-order valence-corrected chi connectivity index (χ1v) is 8.68. The molecule has 0 saturated heterocycles. The van der Waals surface area contributed by atoms with Crippen molar-refractivity contribution < 1.29 is 19.1 Å². The summed E-state index contributed by atoms with van der Waals surface area (Å²) in [4.78, 5) is 35.2. The van der Waals surface area contributed by atoms with E-state index in [1.165, 1.54) is 26.2 Å². The number of ketones is 1. The minimum atomic E-state index is -0.493. The third-order valence-corrected chi connectivity index (χ3v) is 4.00. The Bertz CT molecular complexity index is 1050. The van der Waals surface area contributed by atoms with Gasteiger partial charge >= 0.3 is 5.97 Å². The number of methoxy groups -OCH3 is 1. The van der Waals surface area contributed by atoms with Crippen LogP contribution in [-0.2, 0) is 4.74 Å². The van der Waals surface area contributed by atoms with Gasteiger partial charge < -0.3 is 15.4 Å². The van der Waals surface area contributed by atoms with Crippen LogP contribution in [-0.4, -0.2) is 35.0 Å². The molecule has 0 fully saturated rings. The average molecular weight is 390 g/mol. The summed E-state index contributed by atoms with van der Waals surface area (Å²) < 4.78 is 4.66. The van der Waals surface area contributed by atoms with Crippen molar-refractivity contribution in [3.63, 3.8) is 0 Å². The molecule has 3 rings (SSSR count). The Kier molecular flexibility index (Phi) is 5.94. The molecule has 0 saturated carbocycles. The highest BCUT2D eigenvalue weighted by atomic mass is 16.5. The first kappa shape index (κ1) is 19.7. The second-order valence-corrected chi connectivity index (χ2v) is 6.09. The van der Waals surface area contributed by atoms with Crippen LogP contribution in [0, 0.1) is 0 Å². The van der Waals surface area contributed by atoms with E-state index in [2.05, 4.69) is 25.6 Å². The number of hydrogen-bond donors (Lipinski definition) is 2. The van der Waals surface area contributed by atoms with Gasteiger partial charge in [0.25, 0.3) is 5.91 Å². The summed E-state index contributed by atoms with van der Waals surface area (Å²) in [6, 6.07) is 16.5. The quantitative estimate of drug-likeness (QED) is 0.490. The number of benzene rings is 2.